The van der Waals surface area contributed by atoms with Gasteiger partial charge in [-0.2, -0.15) is 0 Å². The molecule has 0 aliphatic carbocycles. The van der Waals surface area contributed by atoms with Gasteiger partial charge in [0.05, 0.1) is 18.0 Å². The third kappa shape index (κ3) is 4.09. The third-order valence-electron chi connectivity index (χ3n) is 4.36. The number of carboxylic acid groups (broad SMARTS) is 1. The topological polar surface area (TPSA) is 92.4 Å². The molecule has 0 aliphatic heterocycles. The molecule has 0 radical (unpaired) electrons. The van der Waals surface area contributed by atoms with Crippen molar-refractivity contribution in [2.45, 2.75) is 26.3 Å². The maximum Gasteiger partial charge on any atom is 0.305 e. The fraction of sp³-hybridized carbons (Fsp3) is 0.190. The van der Waals surface area contributed by atoms with Crippen molar-refractivity contribution in [1.29, 1.82) is 0 Å². The molecule has 6 nitrogen and oxygen atoms in total. The number of amides is 1. The zero-order chi connectivity index (χ0) is 20.3. The molecule has 144 valence electrons. The monoisotopic (exact) mass is 382 g/mol. The summed E-state index contributed by atoms with van der Waals surface area (Å²) in [6.45, 7) is 3.39. The molecular weight excluding hydrogens is 363 g/mol. The highest BCUT2D eigenvalue weighted by molar-refractivity contribution is 5.94. The number of rotatable bonds is 6. The molecular formula is C21H19FN2O4. The first-order chi connectivity index (χ1) is 13.4. The molecule has 0 unspecified atom stereocenters. The van der Waals surface area contributed by atoms with E-state index in [0.29, 0.717) is 5.56 Å². The van der Waals surface area contributed by atoms with E-state index in [9.17, 15) is 19.1 Å². The number of aromatic nitrogens is 1. The van der Waals surface area contributed by atoms with Gasteiger partial charge in [-0.25, -0.2) is 9.37 Å². The first-order valence-corrected chi connectivity index (χ1v) is 8.67. The molecule has 0 aliphatic rings. The Morgan fingerprint density at radius 1 is 1.14 bits per heavy atom. The van der Waals surface area contributed by atoms with Gasteiger partial charge in [0.2, 0.25) is 5.89 Å². The number of benzene rings is 2. The summed E-state index contributed by atoms with van der Waals surface area (Å²) in [4.78, 5) is 28.2. The molecule has 2 aromatic carbocycles. The second-order valence-electron chi connectivity index (χ2n) is 6.38. The first-order valence-electron chi connectivity index (χ1n) is 8.67. The number of oxazole rings is 1. The number of carbonyl (C=O) groups excluding carboxylic acids is 1. The molecule has 0 saturated carbocycles. The van der Waals surface area contributed by atoms with E-state index in [4.69, 9.17) is 4.42 Å². The van der Waals surface area contributed by atoms with Crippen molar-refractivity contribution in [3.8, 4) is 11.5 Å². The number of nitrogens with zero attached hydrogens (tertiary/aromatic N) is 1. The van der Waals surface area contributed by atoms with Gasteiger partial charge in [0.1, 0.15) is 11.6 Å². The second-order valence-corrected chi connectivity index (χ2v) is 6.38. The summed E-state index contributed by atoms with van der Waals surface area (Å²) >= 11 is 0. The number of nitrogens with one attached hydrogen (secondary N) is 1. The van der Waals surface area contributed by atoms with Crippen molar-refractivity contribution in [2.75, 3.05) is 0 Å². The van der Waals surface area contributed by atoms with E-state index in [1.807, 2.05) is 19.1 Å². The van der Waals surface area contributed by atoms with Crippen LogP contribution in [0, 0.1) is 19.7 Å². The summed E-state index contributed by atoms with van der Waals surface area (Å²) in [7, 11) is 0. The molecule has 1 aromatic heterocycles. The van der Waals surface area contributed by atoms with Crippen molar-refractivity contribution < 1.29 is 23.5 Å². The van der Waals surface area contributed by atoms with Crippen LogP contribution in [0.1, 0.15) is 39.8 Å². The molecule has 2 N–H and O–H groups in total. The van der Waals surface area contributed by atoms with E-state index < -0.39 is 23.7 Å². The molecule has 0 spiro atoms. The third-order valence-corrected chi connectivity index (χ3v) is 4.36. The highest BCUT2D eigenvalue weighted by Gasteiger charge is 2.24. The van der Waals surface area contributed by atoms with Crippen LogP contribution in [-0.4, -0.2) is 22.0 Å². The smallest absolute Gasteiger partial charge is 0.305 e. The lowest BCUT2D eigenvalue weighted by atomic mass is 9.98. The van der Waals surface area contributed by atoms with Crippen molar-refractivity contribution in [2.24, 2.45) is 0 Å². The van der Waals surface area contributed by atoms with Crippen molar-refractivity contribution in [1.82, 2.24) is 10.3 Å². The quantitative estimate of drug-likeness (QED) is 0.671. The Morgan fingerprint density at radius 3 is 2.50 bits per heavy atom. The Morgan fingerprint density at radius 2 is 1.82 bits per heavy atom. The number of aliphatic carboxylic acids is 1. The first kappa shape index (κ1) is 19.3. The van der Waals surface area contributed by atoms with Gasteiger partial charge in [-0.15, -0.1) is 0 Å². The minimum absolute atomic E-state index is 0.00794. The molecule has 7 heteroatoms. The van der Waals surface area contributed by atoms with E-state index in [0.717, 1.165) is 5.56 Å². The molecule has 1 amide bonds. The minimum Gasteiger partial charge on any atom is -0.481 e. The molecule has 3 aromatic rings. The maximum atomic E-state index is 14.0. The number of carbonyl (C=O) groups is 2. The largest absolute Gasteiger partial charge is 0.481 e. The Hall–Kier alpha value is -3.48. The lowest BCUT2D eigenvalue weighted by molar-refractivity contribution is -0.137. The van der Waals surface area contributed by atoms with Crippen LogP contribution in [-0.2, 0) is 4.79 Å². The summed E-state index contributed by atoms with van der Waals surface area (Å²) in [6, 6.07) is 12.4. The zero-order valence-corrected chi connectivity index (χ0v) is 15.4. The van der Waals surface area contributed by atoms with Crippen molar-refractivity contribution in [3.05, 3.63) is 76.9 Å². The van der Waals surface area contributed by atoms with Crippen LogP contribution in [0.25, 0.3) is 11.5 Å². The van der Waals surface area contributed by atoms with E-state index in [1.165, 1.54) is 12.1 Å². The van der Waals surface area contributed by atoms with E-state index in [1.54, 1.807) is 31.2 Å². The maximum absolute atomic E-state index is 14.0. The average Bonchev–Trinajstić information content (AvgIpc) is 3.03. The van der Waals surface area contributed by atoms with Crippen LogP contribution in [0.2, 0.25) is 0 Å². The minimum atomic E-state index is -1.04. The number of aryl methyl sites for hydroxylation is 2. The lowest BCUT2D eigenvalue weighted by Gasteiger charge is -2.19. The Labute approximate surface area is 161 Å². The highest BCUT2D eigenvalue weighted by Crippen LogP contribution is 2.26. The number of carboxylic acids is 1. The fourth-order valence-corrected chi connectivity index (χ4v) is 2.97. The highest BCUT2D eigenvalue weighted by atomic mass is 19.1. The average molecular weight is 382 g/mol. The van der Waals surface area contributed by atoms with Crippen LogP contribution in [0.3, 0.4) is 0 Å². The lowest BCUT2D eigenvalue weighted by Crippen LogP contribution is -2.31. The molecule has 3 rings (SSSR count). The zero-order valence-electron chi connectivity index (χ0n) is 15.4. The summed E-state index contributed by atoms with van der Waals surface area (Å²) in [5.74, 6) is -1.93. The summed E-state index contributed by atoms with van der Waals surface area (Å²) in [6.07, 6.45) is -0.284. The standard InChI is InChI=1S/C21H19FN2O4/c1-12-7-3-4-8-14(12)17(11-18(25)26)23-20(27)19-13(2)28-21(24-19)15-9-5-6-10-16(15)22/h3-10,17H,11H2,1-2H3,(H,23,27)(H,25,26)/t17-/m0/s1. The van der Waals surface area contributed by atoms with Gasteiger partial charge in [0, 0.05) is 0 Å². The van der Waals surface area contributed by atoms with E-state index in [2.05, 4.69) is 10.3 Å². The summed E-state index contributed by atoms with van der Waals surface area (Å²) in [5.41, 5.74) is 1.69. The van der Waals surface area contributed by atoms with E-state index in [-0.39, 0.29) is 29.3 Å². The van der Waals surface area contributed by atoms with Gasteiger partial charge in [-0.05, 0) is 37.1 Å². The van der Waals surface area contributed by atoms with Crippen LogP contribution >= 0.6 is 0 Å². The molecule has 0 fully saturated rings. The Kier molecular flexibility index (Phi) is 5.54. The van der Waals surface area contributed by atoms with Gasteiger partial charge in [0.25, 0.3) is 5.91 Å². The molecule has 1 heterocycles. The Bertz CT molecular complexity index is 1030. The van der Waals surface area contributed by atoms with Crippen LogP contribution in [0.5, 0.6) is 0 Å². The molecule has 0 bridgehead atoms. The summed E-state index contributed by atoms with van der Waals surface area (Å²) in [5, 5.41) is 11.9. The SMILES string of the molecule is Cc1ccccc1[C@H](CC(=O)O)NC(=O)c1nc(-c2ccccc2F)oc1C. The Balaban J connectivity index is 1.89. The van der Waals surface area contributed by atoms with Crippen LogP contribution in [0.4, 0.5) is 4.39 Å². The predicted molar refractivity (Wildman–Crippen MR) is 100 cm³/mol. The van der Waals surface area contributed by atoms with Crippen LogP contribution in [0.15, 0.2) is 52.9 Å². The van der Waals surface area contributed by atoms with Crippen molar-refractivity contribution >= 4 is 11.9 Å². The number of hydrogen-bond donors (Lipinski definition) is 2. The molecule has 28 heavy (non-hydrogen) atoms. The second kappa shape index (κ2) is 8.04. The normalized spacial score (nSPS) is 11.8. The number of halogens is 1. The molecule has 0 saturated heterocycles. The summed E-state index contributed by atoms with van der Waals surface area (Å²) < 4.78 is 19.4. The van der Waals surface area contributed by atoms with Gasteiger partial charge in [-0.3, -0.25) is 9.59 Å². The van der Waals surface area contributed by atoms with Crippen molar-refractivity contribution in [3.63, 3.8) is 0 Å². The van der Waals surface area contributed by atoms with E-state index >= 15 is 0 Å². The van der Waals surface area contributed by atoms with Gasteiger partial charge in [0.15, 0.2) is 5.69 Å². The fourth-order valence-electron chi connectivity index (χ4n) is 2.97. The number of hydrogen-bond acceptors (Lipinski definition) is 4. The van der Waals surface area contributed by atoms with Gasteiger partial charge < -0.3 is 14.8 Å². The molecule has 1 atom stereocenters. The van der Waals surface area contributed by atoms with Crippen LogP contribution < -0.4 is 5.32 Å². The van der Waals surface area contributed by atoms with Gasteiger partial charge >= 0.3 is 5.97 Å². The predicted octanol–water partition coefficient (Wildman–Crippen LogP) is 4.04. The van der Waals surface area contributed by atoms with Gasteiger partial charge in [-0.1, -0.05) is 36.4 Å².